The fourth-order valence-corrected chi connectivity index (χ4v) is 1.83. The fourth-order valence-electron chi connectivity index (χ4n) is 1.83. The molecule has 0 fully saturated rings. The largest absolute Gasteiger partial charge is 0.493 e. The Bertz CT molecular complexity index is 366. The highest BCUT2D eigenvalue weighted by molar-refractivity contribution is 5.38. The van der Waals surface area contributed by atoms with Gasteiger partial charge in [0, 0.05) is 0 Å². The Balaban J connectivity index is 2.53. The summed E-state index contributed by atoms with van der Waals surface area (Å²) < 4.78 is 5.81. The average Bonchev–Trinajstić information content (AvgIpc) is 2.29. The molecule has 0 amide bonds. The number of ether oxygens (including phenoxy) is 1. The normalized spacial score (nSPS) is 11.6. The highest BCUT2D eigenvalue weighted by Crippen LogP contribution is 2.27. The Morgan fingerprint density at radius 3 is 2.50 bits per heavy atom. The molecular weight excluding hydrogens is 222 g/mol. The van der Waals surface area contributed by atoms with E-state index in [4.69, 9.17) is 4.74 Å². The zero-order chi connectivity index (χ0) is 13.6. The van der Waals surface area contributed by atoms with E-state index in [1.165, 1.54) is 11.1 Å². The van der Waals surface area contributed by atoms with Crippen molar-refractivity contribution in [2.75, 3.05) is 19.7 Å². The molecule has 2 heteroatoms. The monoisotopic (exact) mass is 249 g/mol. The minimum absolute atomic E-state index is 0.203. The van der Waals surface area contributed by atoms with E-state index in [-0.39, 0.29) is 5.41 Å². The number of hydrogen-bond donors (Lipinski definition) is 1. The van der Waals surface area contributed by atoms with Crippen molar-refractivity contribution in [3.8, 4) is 5.75 Å². The molecule has 0 radical (unpaired) electrons. The Kier molecular flexibility index (Phi) is 5.67. The number of nitrogens with one attached hydrogen (secondary N) is 1. The van der Waals surface area contributed by atoms with Crippen LogP contribution in [0.3, 0.4) is 0 Å². The first-order valence-electron chi connectivity index (χ1n) is 6.90. The van der Waals surface area contributed by atoms with Crippen LogP contribution in [0, 0.1) is 6.92 Å². The molecule has 0 aliphatic heterocycles. The summed E-state index contributed by atoms with van der Waals surface area (Å²) in [5.74, 6) is 1.01. The molecule has 0 aliphatic carbocycles. The second-order valence-corrected chi connectivity index (χ2v) is 5.79. The molecule has 1 aromatic carbocycles. The molecule has 1 aromatic rings. The predicted molar refractivity (Wildman–Crippen MR) is 78.5 cm³/mol. The van der Waals surface area contributed by atoms with Crippen LogP contribution in [0.2, 0.25) is 0 Å². The van der Waals surface area contributed by atoms with E-state index in [0.29, 0.717) is 0 Å². The number of rotatable bonds is 6. The second kappa shape index (κ2) is 6.79. The van der Waals surface area contributed by atoms with Crippen LogP contribution in [-0.2, 0) is 5.41 Å². The van der Waals surface area contributed by atoms with Crippen LogP contribution in [0.4, 0.5) is 0 Å². The van der Waals surface area contributed by atoms with Crippen LogP contribution < -0.4 is 10.1 Å². The highest BCUT2D eigenvalue weighted by Gasteiger charge is 2.14. The Morgan fingerprint density at radius 2 is 1.94 bits per heavy atom. The maximum Gasteiger partial charge on any atom is 0.122 e. The summed E-state index contributed by atoms with van der Waals surface area (Å²) in [6.45, 7) is 13.8. The molecule has 0 atom stereocenters. The summed E-state index contributed by atoms with van der Waals surface area (Å²) in [6, 6.07) is 6.51. The van der Waals surface area contributed by atoms with Gasteiger partial charge in [0.2, 0.25) is 0 Å². The van der Waals surface area contributed by atoms with E-state index in [9.17, 15) is 0 Å². The van der Waals surface area contributed by atoms with Crippen molar-refractivity contribution < 1.29 is 4.74 Å². The van der Waals surface area contributed by atoms with Crippen LogP contribution in [0.15, 0.2) is 18.2 Å². The molecule has 0 heterocycles. The van der Waals surface area contributed by atoms with Crippen LogP contribution >= 0.6 is 0 Å². The lowest BCUT2D eigenvalue weighted by Crippen LogP contribution is -2.16. The third-order valence-electron chi connectivity index (χ3n) is 3.05. The van der Waals surface area contributed by atoms with Gasteiger partial charge >= 0.3 is 0 Å². The average molecular weight is 249 g/mol. The second-order valence-electron chi connectivity index (χ2n) is 5.79. The first-order chi connectivity index (χ1) is 8.45. The highest BCUT2D eigenvalue weighted by atomic mass is 16.5. The predicted octanol–water partition coefficient (Wildman–Crippen LogP) is 3.67. The van der Waals surface area contributed by atoms with Gasteiger partial charge in [-0.25, -0.2) is 0 Å². The molecule has 0 aliphatic rings. The lowest BCUT2D eigenvalue weighted by Gasteiger charge is -2.20. The van der Waals surface area contributed by atoms with Crippen molar-refractivity contribution in [1.29, 1.82) is 0 Å². The molecule has 18 heavy (non-hydrogen) atoms. The van der Waals surface area contributed by atoms with Gasteiger partial charge in [-0.1, -0.05) is 39.8 Å². The van der Waals surface area contributed by atoms with Gasteiger partial charge < -0.3 is 10.1 Å². The maximum absolute atomic E-state index is 5.81. The lowest BCUT2D eigenvalue weighted by atomic mass is 9.86. The zero-order valence-corrected chi connectivity index (χ0v) is 12.5. The molecule has 0 unspecified atom stereocenters. The van der Waals surface area contributed by atoms with E-state index < -0.39 is 0 Å². The van der Waals surface area contributed by atoms with Crippen LogP contribution in [0.1, 0.15) is 45.2 Å². The topological polar surface area (TPSA) is 21.3 Å². The van der Waals surface area contributed by atoms with Crippen molar-refractivity contribution in [3.05, 3.63) is 29.3 Å². The quantitative estimate of drug-likeness (QED) is 0.777. The molecule has 0 saturated heterocycles. The third kappa shape index (κ3) is 4.69. The molecule has 2 nitrogen and oxygen atoms in total. The first kappa shape index (κ1) is 15.0. The SMILES string of the molecule is CCNCCCOc1ccc(C(C)(C)C)cc1C. The standard InChI is InChI=1S/C16H27NO/c1-6-17-10-7-11-18-15-9-8-14(12-13(15)2)16(3,4)5/h8-9,12,17H,6-7,10-11H2,1-5H3. The summed E-state index contributed by atoms with van der Waals surface area (Å²) in [6.07, 6.45) is 1.05. The van der Waals surface area contributed by atoms with Gasteiger partial charge in [-0.15, -0.1) is 0 Å². The third-order valence-corrected chi connectivity index (χ3v) is 3.05. The summed E-state index contributed by atoms with van der Waals surface area (Å²) in [4.78, 5) is 0. The van der Waals surface area contributed by atoms with Gasteiger partial charge in [-0.3, -0.25) is 0 Å². The molecule has 0 bridgehead atoms. The molecule has 1 rings (SSSR count). The van der Waals surface area contributed by atoms with Crippen molar-refractivity contribution in [2.45, 2.75) is 46.5 Å². The maximum atomic E-state index is 5.81. The van der Waals surface area contributed by atoms with Crippen molar-refractivity contribution in [3.63, 3.8) is 0 Å². The summed E-state index contributed by atoms with van der Waals surface area (Å²) in [7, 11) is 0. The van der Waals surface area contributed by atoms with Gasteiger partial charge in [0.05, 0.1) is 6.61 Å². The Hall–Kier alpha value is -1.02. The van der Waals surface area contributed by atoms with Crippen molar-refractivity contribution >= 4 is 0 Å². The van der Waals surface area contributed by atoms with Gasteiger partial charge in [-0.2, -0.15) is 0 Å². The van der Waals surface area contributed by atoms with Gasteiger partial charge in [-0.05, 0) is 49.0 Å². The molecule has 102 valence electrons. The molecule has 0 aromatic heterocycles. The van der Waals surface area contributed by atoms with Gasteiger partial charge in [0.1, 0.15) is 5.75 Å². The number of aryl methyl sites for hydroxylation is 1. The number of benzene rings is 1. The van der Waals surface area contributed by atoms with E-state index in [2.05, 4.69) is 58.1 Å². The molecule has 0 saturated carbocycles. The van der Waals surface area contributed by atoms with E-state index in [1.54, 1.807) is 0 Å². The summed E-state index contributed by atoms with van der Waals surface area (Å²) in [5.41, 5.74) is 2.79. The van der Waals surface area contributed by atoms with Gasteiger partial charge in [0.15, 0.2) is 0 Å². The van der Waals surface area contributed by atoms with Crippen LogP contribution in [0.5, 0.6) is 5.75 Å². The minimum atomic E-state index is 0.203. The zero-order valence-electron chi connectivity index (χ0n) is 12.5. The lowest BCUT2D eigenvalue weighted by molar-refractivity contribution is 0.306. The van der Waals surface area contributed by atoms with Crippen molar-refractivity contribution in [1.82, 2.24) is 5.32 Å². The van der Waals surface area contributed by atoms with E-state index in [1.807, 2.05) is 0 Å². The number of hydrogen-bond acceptors (Lipinski definition) is 2. The van der Waals surface area contributed by atoms with Crippen LogP contribution in [0.25, 0.3) is 0 Å². The molecular formula is C16H27NO. The molecule has 1 N–H and O–H groups in total. The first-order valence-corrected chi connectivity index (χ1v) is 6.90. The van der Waals surface area contributed by atoms with E-state index in [0.717, 1.165) is 31.9 Å². The van der Waals surface area contributed by atoms with Gasteiger partial charge in [0.25, 0.3) is 0 Å². The smallest absolute Gasteiger partial charge is 0.122 e. The summed E-state index contributed by atoms with van der Waals surface area (Å²) in [5, 5.41) is 3.30. The van der Waals surface area contributed by atoms with Crippen LogP contribution in [-0.4, -0.2) is 19.7 Å². The Labute approximate surface area is 112 Å². The van der Waals surface area contributed by atoms with E-state index >= 15 is 0 Å². The van der Waals surface area contributed by atoms with Crippen molar-refractivity contribution in [2.24, 2.45) is 0 Å². The fraction of sp³-hybridized carbons (Fsp3) is 0.625. The molecule has 0 spiro atoms. The summed E-state index contributed by atoms with van der Waals surface area (Å²) >= 11 is 0. The minimum Gasteiger partial charge on any atom is -0.493 e. The Morgan fingerprint density at radius 1 is 1.22 bits per heavy atom.